The van der Waals surface area contributed by atoms with Crippen molar-refractivity contribution in [3.05, 3.63) is 70.2 Å². The van der Waals surface area contributed by atoms with Crippen LogP contribution < -0.4 is 21.2 Å². The molecular weight excluding hydrogens is 817 g/mol. The van der Waals surface area contributed by atoms with Crippen molar-refractivity contribution in [3.8, 4) is 17.9 Å². The van der Waals surface area contributed by atoms with Gasteiger partial charge in [-0.15, -0.1) is 0 Å². The van der Waals surface area contributed by atoms with Crippen LogP contribution >= 0.6 is 0 Å². The van der Waals surface area contributed by atoms with Crippen molar-refractivity contribution in [2.75, 3.05) is 69.2 Å². The third-order valence-electron chi connectivity index (χ3n) is 12.8. The summed E-state index contributed by atoms with van der Waals surface area (Å²) in [6.45, 7) is 5.76. The Bertz CT molecular complexity index is 2720. The molecule has 4 fully saturated rings. The molecule has 3 amide bonds. The molecule has 5 aromatic rings. The van der Waals surface area contributed by atoms with Gasteiger partial charge in [0.1, 0.15) is 23.5 Å². The average Bonchev–Trinajstić information content (AvgIpc) is 3.99. The van der Waals surface area contributed by atoms with Crippen molar-refractivity contribution in [1.29, 1.82) is 5.26 Å². The van der Waals surface area contributed by atoms with Gasteiger partial charge in [0.05, 0.1) is 60.4 Å². The highest BCUT2D eigenvalue weighted by Crippen LogP contribution is 2.37. The van der Waals surface area contributed by atoms with Gasteiger partial charge in [-0.05, 0) is 56.2 Å². The van der Waals surface area contributed by atoms with E-state index in [9.17, 15) is 33.2 Å². The van der Waals surface area contributed by atoms with Crippen LogP contribution in [-0.4, -0.2) is 126 Å². The lowest BCUT2D eigenvalue weighted by Crippen LogP contribution is -2.52. The smallest absolute Gasteiger partial charge is 0.329 e. The molecule has 3 aliphatic heterocycles. The Kier molecular flexibility index (Phi) is 11.8. The topological polar surface area (TPSA) is 193 Å². The van der Waals surface area contributed by atoms with Gasteiger partial charge in [-0.2, -0.15) is 15.5 Å². The summed E-state index contributed by atoms with van der Waals surface area (Å²) in [7, 11) is 1.65. The lowest BCUT2D eigenvalue weighted by molar-refractivity contribution is -0.135. The third kappa shape index (κ3) is 8.29. The summed E-state index contributed by atoms with van der Waals surface area (Å²) in [5.74, 6) is 5.82. The van der Waals surface area contributed by atoms with E-state index in [-0.39, 0.29) is 53.7 Å². The van der Waals surface area contributed by atoms with Gasteiger partial charge in [-0.1, -0.05) is 17.9 Å². The van der Waals surface area contributed by atoms with Gasteiger partial charge in [0.2, 0.25) is 11.8 Å². The van der Waals surface area contributed by atoms with E-state index in [0.29, 0.717) is 86.8 Å². The number of rotatable bonds is 9. The largest absolute Gasteiger partial charge is 0.378 e. The van der Waals surface area contributed by atoms with Crippen molar-refractivity contribution in [1.82, 2.24) is 48.6 Å². The maximum absolute atomic E-state index is 14.3. The highest BCUT2D eigenvalue weighted by Gasteiger charge is 2.35. The molecule has 1 saturated carbocycles. The summed E-state index contributed by atoms with van der Waals surface area (Å²) in [5.41, 5.74) is 1.42. The van der Waals surface area contributed by atoms with Crippen LogP contribution in [0.3, 0.4) is 0 Å². The number of hydrogen-bond acceptors (Lipinski definition) is 12. The van der Waals surface area contributed by atoms with Crippen LogP contribution in [0.2, 0.25) is 0 Å². The van der Waals surface area contributed by atoms with Crippen LogP contribution in [0, 0.1) is 29.1 Å². The molecule has 7 heterocycles. The molecule has 4 aromatic heterocycles. The lowest BCUT2D eigenvalue weighted by atomic mass is 9.81. The number of alkyl halides is 2. The molecule has 1 aliphatic carbocycles. The number of halogens is 2. The Hall–Kier alpha value is -6.48. The first-order valence-corrected chi connectivity index (χ1v) is 21.3. The number of carbonyl (C=O) groups excluding carboxylic acids is 3. The minimum Gasteiger partial charge on any atom is -0.378 e. The Morgan fingerprint density at radius 3 is 2.54 bits per heavy atom. The van der Waals surface area contributed by atoms with Gasteiger partial charge >= 0.3 is 5.69 Å². The molecule has 3 saturated heterocycles. The molecule has 2 unspecified atom stereocenters. The van der Waals surface area contributed by atoms with Gasteiger partial charge in [0.25, 0.3) is 12.3 Å². The van der Waals surface area contributed by atoms with E-state index in [1.807, 2.05) is 12.1 Å². The quantitative estimate of drug-likeness (QED) is 0.163. The number of aromatic nitrogens is 7. The highest BCUT2D eigenvalue weighted by atomic mass is 19.3. The minimum absolute atomic E-state index is 0.0650. The Labute approximate surface area is 360 Å². The van der Waals surface area contributed by atoms with Gasteiger partial charge in [0, 0.05) is 65.1 Å². The summed E-state index contributed by atoms with van der Waals surface area (Å²) in [4.78, 5) is 62.3. The van der Waals surface area contributed by atoms with E-state index in [1.165, 1.54) is 30.7 Å². The third-order valence-corrected chi connectivity index (χ3v) is 12.8. The molecule has 0 bridgehead atoms. The number of para-hydroxylation sites is 1. The molecule has 20 heteroatoms. The number of imide groups is 1. The van der Waals surface area contributed by atoms with Crippen molar-refractivity contribution in [2.24, 2.45) is 13.0 Å². The van der Waals surface area contributed by atoms with E-state index in [0.717, 1.165) is 25.9 Å². The number of nitriles is 1. The number of morpholine rings is 1. The summed E-state index contributed by atoms with van der Waals surface area (Å²) in [6, 6.07) is 8.56. The first kappa shape index (κ1) is 41.9. The van der Waals surface area contributed by atoms with Crippen LogP contribution in [0.15, 0.2) is 47.7 Å². The number of imidazole rings is 1. The van der Waals surface area contributed by atoms with Crippen LogP contribution in [-0.2, 0) is 21.4 Å². The van der Waals surface area contributed by atoms with Crippen molar-refractivity contribution >= 4 is 45.9 Å². The van der Waals surface area contributed by atoms with Crippen molar-refractivity contribution < 1.29 is 27.9 Å². The van der Waals surface area contributed by atoms with Gasteiger partial charge < -0.3 is 15.0 Å². The summed E-state index contributed by atoms with van der Waals surface area (Å²) < 4.78 is 40.0. The number of piperazine rings is 1. The molecule has 0 spiro atoms. The molecule has 4 aliphatic rings. The number of hydrogen-bond donors (Lipinski definition) is 2. The summed E-state index contributed by atoms with van der Waals surface area (Å²) in [5, 5.41) is 23.8. The number of amides is 3. The summed E-state index contributed by atoms with van der Waals surface area (Å²) in [6.07, 6.45) is 4.79. The second kappa shape index (κ2) is 17.7. The van der Waals surface area contributed by atoms with E-state index < -0.39 is 30.0 Å². The number of piperidine rings is 1. The molecule has 18 nitrogen and oxygen atoms in total. The number of benzene rings is 1. The SMILES string of the molecule is Cn1c(=O)n(C2CCC(=O)NC2=O)c2cccc(C#CCN3CCN(C(C#N)C4CCC(n5cc(NC(=O)c6cnn7ccc(N8CCOCC8)nc67)c(C(F)F)n5)CC4)CC3)c21. The van der Waals surface area contributed by atoms with Crippen LogP contribution in [0.25, 0.3) is 16.7 Å². The standard InChI is InChI=1S/C43H47F2N13O5/c1-52-38-28(4-2-6-32(38)58(43(52)62)33-11-12-36(59)50-42(33)61)5-3-14-53-16-18-54(19-17-53)34(24-46)27-7-9-29(10-8-27)57-26-31(37(51-57)39(44)45)48-41(60)30-25-47-56-15-13-35(49-40(30)56)55-20-22-63-23-21-55/h2,4,6,13,15,25-27,29,33-34,39H,7-12,14,16-23H2,1H3,(H,48,60)(H,50,59,61). The molecule has 63 heavy (non-hydrogen) atoms. The first-order valence-electron chi connectivity index (χ1n) is 21.3. The predicted octanol–water partition coefficient (Wildman–Crippen LogP) is 2.88. The molecule has 0 radical (unpaired) electrons. The summed E-state index contributed by atoms with van der Waals surface area (Å²) >= 11 is 0. The van der Waals surface area contributed by atoms with Crippen LogP contribution in [0.1, 0.15) is 78.6 Å². The molecule has 9 rings (SSSR count). The number of fused-ring (bicyclic) bond motifs is 2. The van der Waals surface area contributed by atoms with Crippen LogP contribution in [0.5, 0.6) is 0 Å². The molecule has 1 aromatic carbocycles. The fourth-order valence-electron chi connectivity index (χ4n) is 9.41. The number of carbonyl (C=O) groups is 3. The average molecular weight is 864 g/mol. The van der Waals surface area contributed by atoms with Gasteiger partial charge in [0.15, 0.2) is 11.3 Å². The number of anilines is 2. The monoisotopic (exact) mass is 863 g/mol. The lowest BCUT2D eigenvalue weighted by Gasteiger charge is -2.40. The first-order chi connectivity index (χ1) is 30.6. The fourth-order valence-corrected chi connectivity index (χ4v) is 9.41. The fraction of sp³-hybridized carbons (Fsp3) is 0.488. The minimum atomic E-state index is -2.91. The molecule has 2 N–H and O–H groups in total. The second-order valence-corrected chi connectivity index (χ2v) is 16.5. The predicted molar refractivity (Wildman–Crippen MR) is 225 cm³/mol. The Morgan fingerprint density at radius 1 is 1.03 bits per heavy atom. The van der Waals surface area contributed by atoms with E-state index >= 15 is 0 Å². The normalized spacial score (nSPS) is 21.9. The molecule has 2 atom stereocenters. The molecular formula is C43H47F2N13O5. The highest BCUT2D eigenvalue weighted by molar-refractivity contribution is 6.08. The molecule has 328 valence electrons. The van der Waals surface area contributed by atoms with E-state index in [4.69, 9.17) is 4.74 Å². The Morgan fingerprint density at radius 2 is 1.81 bits per heavy atom. The van der Waals surface area contributed by atoms with Crippen molar-refractivity contribution in [2.45, 2.75) is 63.1 Å². The number of nitrogens with one attached hydrogen (secondary N) is 2. The second-order valence-electron chi connectivity index (χ2n) is 16.5. The maximum atomic E-state index is 14.3. The van der Waals surface area contributed by atoms with Gasteiger partial charge in [-0.3, -0.25) is 43.3 Å². The maximum Gasteiger partial charge on any atom is 0.329 e. The number of aryl methyl sites for hydroxylation is 1. The zero-order valence-corrected chi connectivity index (χ0v) is 34.8. The van der Waals surface area contributed by atoms with Gasteiger partial charge in [-0.25, -0.2) is 23.1 Å². The zero-order chi connectivity index (χ0) is 43.8. The van der Waals surface area contributed by atoms with E-state index in [1.54, 1.807) is 25.4 Å². The van der Waals surface area contributed by atoms with Crippen LogP contribution in [0.4, 0.5) is 20.3 Å². The number of nitrogens with zero attached hydrogens (tertiary/aromatic N) is 11. The Balaban J connectivity index is 0.796. The zero-order valence-electron chi connectivity index (χ0n) is 34.8. The number of ether oxygens (including phenoxy) is 1. The van der Waals surface area contributed by atoms with E-state index in [2.05, 4.69) is 58.4 Å². The van der Waals surface area contributed by atoms with Crippen molar-refractivity contribution in [3.63, 3.8) is 0 Å².